The summed E-state index contributed by atoms with van der Waals surface area (Å²) in [4.78, 5) is 8.08. The minimum Gasteiger partial charge on any atom is -0.476 e. The summed E-state index contributed by atoms with van der Waals surface area (Å²) < 4.78 is 5.75. The smallest absolute Gasteiger partial charge is 0.232 e. The molecule has 1 aromatic heterocycles. The predicted octanol–water partition coefficient (Wildman–Crippen LogP) is 1.80. The van der Waals surface area contributed by atoms with E-state index < -0.39 is 12.2 Å². The fourth-order valence-corrected chi connectivity index (χ4v) is 3.47. The molecular weight excluding hydrogens is 342 g/mol. The molecule has 134 valence electrons. The molecule has 1 aromatic carbocycles. The molecule has 0 bridgehead atoms. The van der Waals surface area contributed by atoms with Gasteiger partial charge in [0.15, 0.2) is 0 Å². The Morgan fingerprint density at radius 2 is 2.04 bits per heavy atom. The van der Waals surface area contributed by atoms with Crippen molar-refractivity contribution in [2.75, 3.05) is 13.2 Å². The van der Waals surface area contributed by atoms with Crippen LogP contribution >= 0.6 is 11.6 Å². The average molecular weight is 364 g/mol. The van der Waals surface area contributed by atoms with Crippen LogP contribution in [-0.2, 0) is 6.54 Å². The van der Waals surface area contributed by atoms with E-state index in [2.05, 4.69) is 15.3 Å². The van der Waals surface area contributed by atoms with Gasteiger partial charge in [0.2, 0.25) is 5.88 Å². The number of aliphatic hydroxyl groups excluding tert-OH is 2. The summed E-state index contributed by atoms with van der Waals surface area (Å²) in [5, 5.41) is 24.1. The summed E-state index contributed by atoms with van der Waals surface area (Å²) in [6.45, 7) is 1.61. The fourth-order valence-electron chi connectivity index (χ4n) is 3.26. The largest absolute Gasteiger partial charge is 0.476 e. The summed E-state index contributed by atoms with van der Waals surface area (Å²) in [7, 11) is 0. The van der Waals surface area contributed by atoms with Crippen molar-refractivity contribution < 1.29 is 14.9 Å². The highest BCUT2D eigenvalue weighted by atomic mass is 35.5. The quantitative estimate of drug-likeness (QED) is 0.695. The van der Waals surface area contributed by atoms with Gasteiger partial charge in [-0.3, -0.25) is 4.98 Å². The van der Waals surface area contributed by atoms with Crippen molar-refractivity contribution in [2.24, 2.45) is 5.41 Å². The highest BCUT2D eigenvalue weighted by molar-refractivity contribution is 6.30. The van der Waals surface area contributed by atoms with Gasteiger partial charge < -0.3 is 20.3 Å². The summed E-state index contributed by atoms with van der Waals surface area (Å²) >= 11 is 6.01. The van der Waals surface area contributed by atoms with Crippen LogP contribution in [0, 0.1) is 5.41 Å². The number of aromatic nitrogens is 2. The number of hydrogen-bond donors (Lipinski definition) is 3. The van der Waals surface area contributed by atoms with E-state index in [0.29, 0.717) is 43.4 Å². The van der Waals surface area contributed by atoms with Gasteiger partial charge in [-0.05, 0) is 30.5 Å². The zero-order chi connectivity index (χ0) is 17.7. The van der Waals surface area contributed by atoms with E-state index in [1.54, 1.807) is 18.6 Å². The third kappa shape index (κ3) is 4.89. The van der Waals surface area contributed by atoms with Crippen LogP contribution < -0.4 is 10.1 Å². The molecule has 25 heavy (non-hydrogen) atoms. The fraction of sp³-hybridized carbons (Fsp3) is 0.444. The Morgan fingerprint density at radius 1 is 1.24 bits per heavy atom. The first kappa shape index (κ1) is 18.1. The lowest BCUT2D eigenvalue weighted by molar-refractivity contribution is 0.0438. The van der Waals surface area contributed by atoms with Crippen LogP contribution in [0.4, 0.5) is 0 Å². The topological polar surface area (TPSA) is 87.5 Å². The molecule has 7 heteroatoms. The Kier molecular flexibility index (Phi) is 5.86. The molecular formula is C18H22ClN3O3. The first-order valence-corrected chi connectivity index (χ1v) is 8.64. The van der Waals surface area contributed by atoms with Crippen LogP contribution in [0.1, 0.15) is 18.4 Å². The van der Waals surface area contributed by atoms with Crippen LogP contribution in [-0.4, -0.2) is 45.5 Å². The van der Waals surface area contributed by atoms with Gasteiger partial charge in [0.05, 0.1) is 25.0 Å². The van der Waals surface area contributed by atoms with Gasteiger partial charge in [-0.2, -0.15) is 0 Å². The number of rotatable bonds is 7. The van der Waals surface area contributed by atoms with Crippen LogP contribution in [0.2, 0.25) is 5.02 Å². The molecule has 3 rings (SSSR count). The van der Waals surface area contributed by atoms with E-state index in [0.717, 1.165) is 5.56 Å². The third-order valence-electron chi connectivity index (χ3n) is 4.51. The molecule has 6 nitrogen and oxygen atoms in total. The molecule has 1 aliphatic rings. The number of benzene rings is 1. The number of aliphatic hydroxyl groups is 2. The van der Waals surface area contributed by atoms with Crippen molar-refractivity contribution in [1.29, 1.82) is 0 Å². The second kappa shape index (κ2) is 8.10. The van der Waals surface area contributed by atoms with Gasteiger partial charge in [0.1, 0.15) is 0 Å². The zero-order valence-corrected chi connectivity index (χ0v) is 14.6. The Labute approximate surface area is 151 Å². The van der Waals surface area contributed by atoms with Crippen LogP contribution in [0.15, 0.2) is 42.9 Å². The van der Waals surface area contributed by atoms with Gasteiger partial charge >= 0.3 is 0 Å². The molecule has 2 aromatic rings. The first-order chi connectivity index (χ1) is 12.1. The van der Waals surface area contributed by atoms with Crippen LogP contribution in [0.5, 0.6) is 5.88 Å². The molecule has 0 spiro atoms. The number of nitrogens with zero attached hydrogens (tertiary/aromatic N) is 2. The van der Waals surface area contributed by atoms with Crippen LogP contribution in [0.3, 0.4) is 0 Å². The highest BCUT2D eigenvalue weighted by Crippen LogP contribution is 2.38. The Morgan fingerprint density at radius 3 is 2.72 bits per heavy atom. The van der Waals surface area contributed by atoms with Gasteiger partial charge in [-0.15, -0.1) is 0 Å². The number of halogens is 1. The number of ether oxygens (including phenoxy) is 1. The van der Waals surface area contributed by atoms with E-state index in [1.807, 2.05) is 24.3 Å². The molecule has 3 atom stereocenters. The highest BCUT2D eigenvalue weighted by Gasteiger charge is 2.44. The molecule has 1 fully saturated rings. The number of hydrogen-bond acceptors (Lipinski definition) is 6. The second-order valence-corrected chi connectivity index (χ2v) is 7.05. The minimum atomic E-state index is -0.738. The number of nitrogens with one attached hydrogen (secondary N) is 1. The first-order valence-electron chi connectivity index (χ1n) is 8.26. The molecule has 3 N–H and O–H groups in total. The van der Waals surface area contributed by atoms with Crippen molar-refractivity contribution in [3.8, 4) is 5.88 Å². The normalized spacial score (nSPS) is 25.9. The van der Waals surface area contributed by atoms with E-state index in [9.17, 15) is 10.2 Å². The SMILES string of the molecule is O[C@@H]1CC(CNCc2cccc(Cl)c2)(COc2cnccn2)C[C@@H]1O. The van der Waals surface area contributed by atoms with E-state index >= 15 is 0 Å². The average Bonchev–Trinajstić information content (AvgIpc) is 2.89. The molecule has 0 amide bonds. The maximum Gasteiger partial charge on any atom is 0.232 e. The Bertz CT molecular complexity index is 676. The van der Waals surface area contributed by atoms with Crippen molar-refractivity contribution >= 4 is 11.6 Å². The van der Waals surface area contributed by atoms with E-state index in [1.165, 1.54) is 0 Å². The zero-order valence-electron chi connectivity index (χ0n) is 13.8. The molecule has 0 aliphatic heterocycles. The lowest BCUT2D eigenvalue weighted by atomic mass is 9.86. The standard InChI is InChI=1S/C18H22ClN3O3/c19-14-3-1-2-13(6-14)9-21-11-18(7-15(23)16(24)8-18)12-25-17-10-20-4-5-22-17/h1-6,10,15-16,21,23-24H,7-9,11-12H2/t15-,16+,18?. The molecule has 1 heterocycles. The minimum absolute atomic E-state index is 0.350. The van der Waals surface area contributed by atoms with Crippen molar-refractivity contribution in [2.45, 2.75) is 31.6 Å². The molecule has 0 radical (unpaired) electrons. The molecule has 1 unspecified atom stereocenters. The van der Waals surface area contributed by atoms with Crippen LogP contribution in [0.25, 0.3) is 0 Å². The summed E-state index contributed by atoms with van der Waals surface area (Å²) in [6, 6.07) is 7.66. The maximum atomic E-state index is 10.0. The predicted molar refractivity (Wildman–Crippen MR) is 94.4 cm³/mol. The lowest BCUT2D eigenvalue weighted by Crippen LogP contribution is -2.38. The van der Waals surface area contributed by atoms with Gasteiger partial charge in [-0.1, -0.05) is 23.7 Å². The Hall–Kier alpha value is -1.73. The molecule has 1 aliphatic carbocycles. The molecule has 0 saturated heterocycles. The Balaban J connectivity index is 1.61. The third-order valence-corrected chi connectivity index (χ3v) is 4.75. The second-order valence-electron chi connectivity index (χ2n) is 6.61. The van der Waals surface area contributed by atoms with E-state index in [4.69, 9.17) is 16.3 Å². The molecule has 1 saturated carbocycles. The van der Waals surface area contributed by atoms with Crippen molar-refractivity contribution in [3.63, 3.8) is 0 Å². The summed E-state index contributed by atoms with van der Waals surface area (Å²) in [6.07, 6.45) is 4.16. The van der Waals surface area contributed by atoms with Crippen molar-refractivity contribution in [1.82, 2.24) is 15.3 Å². The van der Waals surface area contributed by atoms with Gasteiger partial charge in [0.25, 0.3) is 0 Å². The maximum absolute atomic E-state index is 10.0. The van der Waals surface area contributed by atoms with Crippen molar-refractivity contribution in [3.05, 3.63) is 53.4 Å². The van der Waals surface area contributed by atoms with E-state index in [-0.39, 0.29) is 5.41 Å². The van der Waals surface area contributed by atoms with Gasteiger partial charge in [-0.25, -0.2) is 4.98 Å². The summed E-state index contributed by atoms with van der Waals surface area (Å²) in [5.74, 6) is 0.438. The summed E-state index contributed by atoms with van der Waals surface area (Å²) in [5.41, 5.74) is 0.714. The monoisotopic (exact) mass is 363 g/mol. The van der Waals surface area contributed by atoms with Gasteiger partial charge in [0, 0.05) is 35.9 Å². The lowest BCUT2D eigenvalue weighted by Gasteiger charge is -2.29.